The number of rotatable bonds is 6. The molecule has 2 aromatic heterocycles. The number of carbonyl (C=O) groups excluding carboxylic acids is 1. The van der Waals surface area contributed by atoms with Crippen LogP contribution in [0.4, 0.5) is 0 Å². The van der Waals surface area contributed by atoms with E-state index in [-0.39, 0.29) is 12.3 Å². The Labute approximate surface area is 153 Å². The molecule has 0 spiro atoms. The summed E-state index contributed by atoms with van der Waals surface area (Å²) in [4.78, 5) is 23.6. The number of carboxylic acids is 1. The predicted octanol–water partition coefficient (Wildman–Crippen LogP) is 1.80. The van der Waals surface area contributed by atoms with Gasteiger partial charge in [0, 0.05) is 41.3 Å². The molecule has 3 heterocycles. The largest absolute Gasteiger partial charge is 0.550 e. The Balaban J connectivity index is 1.42. The monoisotopic (exact) mass is 368 g/mol. The molecule has 1 atom stereocenters. The number of nitrogens with zero attached hydrogens (tertiary/aromatic N) is 3. The van der Waals surface area contributed by atoms with Crippen molar-refractivity contribution in [1.29, 1.82) is 0 Å². The lowest BCUT2D eigenvalue weighted by atomic mass is 9.98. The van der Waals surface area contributed by atoms with E-state index in [0.717, 1.165) is 22.0 Å². The summed E-state index contributed by atoms with van der Waals surface area (Å²) in [5.74, 6) is 0.0607. The van der Waals surface area contributed by atoms with Crippen molar-refractivity contribution in [2.45, 2.75) is 18.9 Å². The van der Waals surface area contributed by atoms with E-state index >= 15 is 0 Å². The highest BCUT2D eigenvalue weighted by Gasteiger charge is 2.24. The van der Waals surface area contributed by atoms with E-state index in [1.807, 2.05) is 17.5 Å². The van der Waals surface area contributed by atoms with Crippen LogP contribution in [0.2, 0.25) is 0 Å². The Morgan fingerprint density at radius 2 is 2.31 bits per heavy atom. The van der Waals surface area contributed by atoms with Crippen LogP contribution in [0.3, 0.4) is 0 Å². The zero-order valence-corrected chi connectivity index (χ0v) is 14.4. The van der Waals surface area contributed by atoms with Gasteiger partial charge >= 0.3 is 0 Å². The number of thiazole rings is 1. The first kappa shape index (κ1) is 16.5. The summed E-state index contributed by atoms with van der Waals surface area (Å²) in [5.41, 5.74) is 2.40. The lowest BCUT2D eigenvalue weighted by Gasteiger charge is -2.10. The number of carbonyl (C=O) groups is 1. The number of benzene rings is 1. The van der Waals surface area contributed by atoms with Crippen molar-refractivity contribution >= 4 is 17.3 Å². The summed E-state index contributed by atoms with van der Waals surface area (Å²) in [5, 5.41) is 13.5. The minimum absolute atomic E-state index is 0.0445. The van der Waals surface area contributed by atoms with Gasteiger partial charge in [-0.25, -0.2) is 4.98 Å². The van der Waals surface area contributed by atoms with Crippen LogP contribution in [0.25, 0.3) is 10.7 Å². The minimum Gasteiger partial charge on any atom is -0.550 e. The summed E-state index contributed by atoms with van der Waals surface area (Å²) in [6, 6.07) is 5.43. The third-order valence-corrected chi connectivity index (χ3v) is 4.91. The molecule has 0 saturated carbocycles. The van der Waals surface area contributed by atoms with Crippen LogP contribution >= 0.6 is 11.3 Å². The fourth-order valence-corrected chi connectivity index (χ4v) is 3.54. The van der Waals surface area contributed by atoms with Gasteiger partial charge in [0.15, 0.2) is 0 Å². The van der Waals surface area contributed by atoms with Gasteiger partial charge in [-0.2, -0.15) is 0 Å². The molecule has 1 aromatic carbocycles. The Hall–Kier alpha value is -3.00. The maximum atomic E-state index is 10.8. The fraction of sp³-hybridized carbons (Fsp3) is 0.222. The van der Waals surface area contributed by atoms with Crippen molar-refractivity contribution in [1.82, 2.24) is 15.0 Å². The van der Waals surface area contributed by atoms with E-state index in [4.69, 9.17) is 9.47 Å². The van der Waals surface area contributed by atoms with Crippen molar-refractivity contribution in [2.75, 3.05) is 6.61 Å². The van der Waals surface area contributed by atoms with Crippen LogP contribution in [0.5, 0.6) is 11.5 Å². The highest BCUT2D eigenvalue weighted by atomic mass is 32.1. The lowest BCUT2D eigenvalue weighted by molar-refractivity contribution is -0.306. The van der Waals surface area contributed by atoms with E-state index in [2.05, 4.69) is 15.0 Å². The molecule has 4 rings (SSSR count). The molecule has 0 aliphatic carbocycles. The smallest absolute Gasteiger partial charge is 0.143 e. The molecule has 0 bridgehead atoms. The second kappa shape index (κ2) is 7.09. The third-order valence-electron chi connectivity index (χ3n) is 4.00. The number of carboxylic acid groups (broad SMARTS) is 1. The summed E-state index contributed by atoms with van der Waals surface area (Å²) < 4.78 is 11.3. The minimum atomic E-state index is -1.07. The molecule has 132 valence electrons. The average Bonchev–Trinajstić information content (AvgIpc) is 3.27. The maximum absolute atomic E-state index is 10.8. The average molecular weight is 368 g/mol. The SMILES string of the molecule is O=C([O-])CC1COc2cc(OCc3csc(-c4cnccn4)n3)ccc21. The number of fused-ring (bicyclic) bond motifs is 1. The van der Waals surface area contributed by atoms with Crippen molar-refractivity contribution in [3.63, 3.8) is 0 Å². The van der Waals surface area contributed by atoms with Crippen LogP contribution in [0, 0.1) is 0 Å². The van der Waals surface area contributed by atoms with Gasteiger partial charge in [-0.05, 0) is 12.5 Å². The molecule has 3 aromatic rings. The molecule has 1 aliphatic heterocycles. The van der Waals surface area contributed by atoms with Gasteiger partial charge in [0.1, 0.15) is 28.8 Å². The molecule has 26 heavy (non-hydrogen) atoms. The van der Waals surface area contributed by atoms with Crippen molar-refractivity contribution in [3.8, 4) is 22.2 Å². The second-order valence-electron chi connectivity index (χ2n) is 5.81. The lowest BCUT2D eigenvalue weighted by Crippen LogP contribution is -2.24. The fourth-order valence-electron chi connectivity index (χ4n) is 2.77. The molecular formula is C18H14N3O4S-. The first-order valence-electron chi connectivity index (χ1n) is 7.99. The van der Waals surface area contributed by atoms with Crippen molar-refractivity contribution in [2.24, 2.45) is 0 Å². The number of aliphatic carboxylic acids is 1. The Morgan fingerprint density at radius 3 is 3.12 bits per heavy atom. The summed E-state index contributed by atoms with van der Waals surface area (Å²) >= 11 is 1.48. The second-order valence-corrected chi connectivity index (χ2v) is 6.67. The van der Waals surface area contributed by atoms with Crippen LogP contribution in [-0.2, 0) is 11.4 Å². The van der Waals surface area contributed by atoms with Gasteiger partial charge < -0.3 is 19.4 Å². The molecule has 0 radical (unpaired) electrons. The number of ether oxygens (including phenoxy) is 2. The standard InChI is InChI=1S/C18H15N3O4S/c22-17(23)5-11-8-25-16-6-13(1-2-14(11)16)24-9-12-10-26-18(21-12)15-7-19-3-4-20-15/h1-4,6-7,10-11H,5,8-9H2,(H,22,23)/p-1. The van der Waals surface area contributed by atoms with Crippen molar-refractivity contribution < 1.29 is 19.4 Å². The van der Waals surface area contributed by atoms with Crippen LogP contribution in [0.15, 0.2) is 42.2 Å². The zero-order chi connectivity index (χ0) is 17.9. The summed E-state index contributed by atoms with van der Waals surface area (Å²) in [6.45, 7) is 0.665. The maximum Gasteiger partial charge on any atom is 0.143 e. The van der Waals surface area contributed by atoms with Crippen molar-refractivity contribution in [3.05, 3.63) is 53.4 Å². The molecule has 8 heteroatoms. The van der Waals surface area contributed by atoms with Gasteiger partial charge in [0.2, 0.25) is 0 Å². The molecule has 0 N–H and O–H groups in total. The predicted molar refractivity (Wildman–Crippen MR) is 91.8 cm³/mol. The van der Waals surface area contributed by atoms with Crippen LogP contribution in [0.1, 0.15) is 23.6 Å². The molecule has 0 fully saturated rings. The number of hydrogen-bond acceptors (Lipinski definition) is 8. The van der Waals surface area contributed by atoms with E-state index in [1.54, 1.807) is 24.7 Å². The van der Waals surface area contributed by atoms with Gasteiger partial charge in [-0.3, -0.25) is 9.97 Å². The number of hydrogen-bond donors (Lipinski definition) is 0. The number of aromatic nitrogens is 3. The molecule has 0 saturated heterocycles. The Kier molecular flexibility index (Phi) is 4.49. The summed E-state index contributed by atoms with van der Waals surface area (Å²) in [7, 11) is 0. The molecule has 1 unspecified atom stereocenters. The molecule has 0 amide bonds. The van der Waals surface area contributed by atoms with Crippen LogP contribution in [-0.4, -0.2) is 27.5 Å². The molecule has 1 aliphatic rings. The van der Waals surface area contributed by atoms with E-state index in [9.17, 15) is 9.90 Å². The molecular weight excluding hydrogens is 354 g/mol. The summed E-state index contributed by atoms with van der Waals surface area (Å²) in [6.07, 6.45) is 4.88. The Morgan fingerprint density at radius 1 is 1.38 bits per heavy atom. The van der Waals surface area contributed by atoms with E-state index < -0.39 is 5.97 Å². The highest BCUT2D eigenvalue weighted by Crippen LogP contribution is 2.38. The van der Waals surface area contributed by atoms with E-state index in [0.29, 0.717) is 24.7 Å². The van der Waals surface area contributed by atoms with Gasteiger partial charge in [-0.15, -0.1) is 11.3 Å². The quantitative estimate of drug-likeness (QED) is 0.654. The normalized spacial score (nSPS) is 15.3. The third kappa shape index (κ3) is 3.50. The zero-order valence-electron chi connectivity index (χ0n) is 13.6. The van der Waals surface area contributed by atoms with Gasteiger partial charge in [-0.1, -0.05) is 6.07 Å². The van der Waals surface area contributed by atoms with Gasteiger partial charge in [0.05, 0.1) is 18.5 Å². The Bertz CT molecular complexity index is 929. The van der Waals surface area contributed by atoms with E-state index in [1.165, 1.54) is 11.3 Å². The topological polar surface area (TPSA) is 97.3 Å². The highest BCUT2D eigenvalue weighted by molar-refractivity contribution is 7.13. The van der Waals surface area contributed by atoms with Crippen LogP contribution < -0.4 is 14.6 Å². The van der Waals surface area contributed by atoms with Gasteiger partial charge in [0.25, 0.3) is 0 Å². The first-order valence-corrected chi connectivity index (χ1v) is 8.87. The molecule has 7 nitrogen and oxygen atoms in total. The first-order chi connectivity index (χ1) is 12.7.